The van der Waals surface area contributed by atoms with Crippen molar-refractivity contribution in [2.24, 2.45) is 11.8 Å². The van der Waals surface area contributed by atoms with E-state index in [1.54, 1.807) is 4.90 Å². The number of aliphatic hydroxyl groups is 1. The number of allylic oxidation sites excluding steroid dienone is 1. The molecule has 0 spiro atoms. The highest BCUT2D eigenvalue weighted by atomic mass is 16.3. The van der Waals surface area contributed by atoms with Gasteiger partial charge in [0.25, 0.3) is 0 Å². The monoisotopic (exact) mass is 382 g/mol. The molecule has 5 heteroatoms. The third kappa shape index (κ3) is 3.60. The third-order valence-electron chi connectivity index (χ3n) is 6.36. The second kappa shape index (κ2) is 7.70. The number of aliphatic hydroxyl groups excluding tert-OH is 1. The largest absolute Gasteiger partial charge is 0.394 e. The van der Waals surface area contributed by atoms with Gasteiger partial charge < -0.3 is 14.9 Å². The summed E-state index contributed by atoms with van der Waals surface area (Å²) in [5.74, 6) is 0.678. The topological polar surface area (TPSA) is 60.9 Å². The van der Waals surface area contributed by atoms with Crippen LogP contribution < -0.4 is 0 Å². The molecule has 0 unspecified atom stereocenters. The molecule has 4 rings (SSSR count). The Morgan fingerprint density at radius 3 is 2.29 bits per heavy atom. The summed E-state index contributed by atoms with van der Waals surface area (Å²) < 4.78 is 0. The number of amides is 2. The second-order valence-corrected chi connectivity index (χ2v) is 8.52. The molecule has 150 valence electrons. The minimum Gasteiger partial charge on any atom is -0.394 e. The first-order valence-corrected chi connectivity index (χ1v) is 10.5. The van der Waals surface area contributed by atoms with Crippen LogP contribution in [0.4, 0.5) is 0 Å². The van der Waals surface area contributed by atoms with Crippen molar-refractivity contribution in [2.75, 3.05) is 20.2 Å². The van der Waals surface area contributed by atoms with Crippen molar-refractivity contribution in [3.63, 3.8) is 0 Å². The van der Waals surface area contributed by atoms with Gasteiger partial charge in [-0.05, 0) is 43.7 Å². The molecule has 3 atom stereocenters. The fourth-order valence-corrected chi connectivity index (χ4v) is 4.50. The molecule has 0 aromatic heterocycles. The van der Waals surface area contributed by atoms with Gasteiger partial charge in [0.05, 0.1) is 18.7 Å². The zero-order chi connectivity index (χ0) is 19.8. The number of nitrogens with zero attached hydrogens (tertiary/aromatic N) is 2. The summed E-state index contributed by atoms with van der Waals surface area (Å²) >= 11 is 0. The predicted octanol–water partition coefficient (Wildman–Crippen LogP) is 2.65. The Bertz CT molecular complexity index is 765. The Labute approximate surface area is 167 Å². The molecule has 1 aromatic carbocycles. The van der Waals surface area contributed by atoms with Crippen molar-refractivity contribution < 1.29 is 14.7 Å². The highest BCUT2D eigenvalue weighted by molar-refractivity contribution is 5.84. The number of carbonyl (C=O) groups excluding carboxylic acids is 2. The van der Waals surface area contributed by atoms with E-state index in [0.29, 0.717) is 6.54 Å². The smallest absolute Gasteiger partial charge is 0.226 e. The van der Waals surface area contributed by atoms with Crippen molar-refractivity contribution in [1.29, 1.82) is 0 Å². The first-order valence-electron chi connectivity index (χ1n) is 10.5. The molecule has 2 amide bonds. The summed E-state index contributed by atoms with van der Waals surface area (Å²) in [5.41, 5.74) is 2.26. The van der Waals surface area contributed by atoms with Gasteiger partial charge in [0.15, 0.2) is 0 Å². The van der Waals surface area contributed by atoms with E-state index in [1.807, 2.05) is 24.9 Å². The number of likely N-dealkylation sites (tertiary alicyclic amines) is 1. The number of hydrogen-bond acceptors (Lipinski definition) is 3. The van der Waals surface area contributed by atoms with Crippen LogP contribution in [0, 0.1) is 11.8 Å². The van der Waals surface area contributed by atoms with Crippen molar-refractivity contribution in [3.05, 3.63) is 41.5 Å². The summed E-state index contributed by atoms with van der Waals surface area (Å²) in [6.07, 6.45) is 7.91. The van der Waals surface area contributed by atoms with Crippen molar-refractivity contribution in [1.82, 2.24) is 9.80 Å². The standard InChI is InChI=1S/C23H30N2O3/c1-3-4-15-5-7-16(8-6-15)21-19(13-24(2)22(27)17-9-10-17)25(20(21)14-26)23(28)18-11-12-18/h3-8,17-21,26H,9-14H2,1-2H3/b4-3+/t19-,20+,21+/m1/s1. The zero-order valence-corrected chi connectivity index (χ0v) is 16.8. The lowest BCUT2D eigenvalue weighted by Gasteiger charge is -2.56. The molecule has 1 heterocycles. The SMILES string of the molecule is C/C=C/c1ccc([C@H]2[C@@H](CN(C)C(=O)C3CC3)N(C(=O)C3CC3)[C@H]2CO)cc1. The van der Waals surface area contributed by atoms with Gasteiger partial charge >= 0.3 is 0 Å². The Morgan fingerprint density at radius 2 is 1.75 bits per heavy atom. The minimum atomic E-state index is -0.199. The highest BCUT2D eigenvalue weighted by Crippen LogP contribution is 2.45. The fourth-order valence-electron chi connectivity index (χ4n) is 4.50. The lowest BCUT2D eigenvalue weighted by atomic mass is 9.74. The average molecular weight is 383 g/mol. The highest BCUT2D eigenvalue weighted by Gasteiger charge is 2.54. The molecule has 3 fully saturated rings. The summed E-state index contributed by atoms with van der Waals surface area (Å²) in [6.45, 7) is 2.48. The van der Waals surface area contributed by atoms with Crippen LogP contribution in [0.25, 0.3) is 6.08 Å². The molecule has 28 heavy (non-hydrogen) atoms. The van der Waals surface area contributed by atoms with E-state index in [9.17, 15) is 14.7 Å². The van der Waals surface area contributed by atoms with E-state index in [-0.39, 0.29) is 48.3 Å². The van der Waals surface area contributed by atoms with Crippen LogP contribution in [0.3, 0.4) is 0 Å². The Morgan fingerprint density at radius 1 is 1.11 bits per heavy atom. The molecule has 1 aliphatic heterocycles. The number of likely N-dealkylation sites (N-methyl/N-ethyl adjacent to an activating group) is 1. The Kier molecular flexibility index (Phi) is 5.28. The zero-order valence-electron chi connectivity index (χ0n) is 16.8. The first kappa shape index (κ1) is 19.2. The van der Waals surface area contributed by atoms with Crippen LogP contribution in [-0.4, -0.2) is 59.0 Å². The van der Waals surface area contributed by atoms with E-state index < -0.39 is 0 Å². The number of carbonyl (C=O) groups is 2. The van der Waals surface area contributed by atoms with Gasteiger partial charge in [-0.25, -0.2) is 0 Å². The molecule has 0 radical (unpaired) electrons. The molecule has 0 bridgehead atoms. The normalized spacial score (nSPS) is 27.0. The maximum atomic E-state index is 12.9. The molecule has 3 aliphatic rings. The molecule has 2 aliphatic carbocycles. The maximum absolute atomic E-state index is 12.9. The van der Waals surface area contributed by atoms with E-state index >= 15 is 0 Å². The van der Waals surface area contributed by atoms with Crippen LogP contribution >= 0.6 is 0 Å². The molecule has 1 saturated heterocycles. The number of rotatable bonds is 7. The van der Waals surface area contributed by atoms with E-state index in [2.05, 4.69) is 30.3 Å². The van der Waals surface area contributed by atoms with Crippen LogP contribution in [0.5, 0.6) is 0 Å². The number of hydrogen-bond donors (Lipinski definition) is 1. The lowest BCUT2D eigenvalue weighted by Crippen LogP contribution is -2.69. The third-order valence-corrected chi connectivity index (χ3v) is 6.36. The van der Waals surface area contributed by atoms with E-state index in [0.717, 1.165) is 36.8 Å². The summed E-state index contributed by atoms with van der Waals surface area (Å²) in [7, 11) is 1.85. The van der Waals surface area contributed by atoms with Crippen LogP contribution in [-0.2, 0) is 9.59 Å². The predicted molar refractivity (Wildman–Crippen MR) is 108 cm³/mol. The molecular formula is C23H30N2O3. The van der Waals surface area contributed by atoms with E-state index in [1.165, 1.54) is 0 Å². The van der Waals surface area contributed by atoms with Crippen molar-refractivity contribution in [3.8, 4) is 0 Å². The van der Waals surface area contributed by atoms with Gasteiger partial charge in [0, 0.05) is 31.3 Å². The molecule has 1 aromatic rings. The van der Waals surface area contributed by atoms with E-state index in [4.69, 9.17) is 0 Å². The van der Waals surface area contributed by atoms with Crippen LogP contribution in [0.1, 0.15) is 49.7 Å². The van der Waals surface area contributed by atoms with Gasteiger partial charge in [0.1, 0.15) is 0 Å². The first-order chi connectivity index (χ1) is 13.5. The summed E-state index contributed by atoms with van der Waals surface area (Å²) in [4.78, 5) is 29.0. The Balaban J connectivity index is 1.57. The molecule has 5 nitrogen and oxygen atoms in total. The van der Waals surface area contributed by atoms with Crippen LogP contribution in [0.2, 0.25) is 0 Å². The maximum Gasteiger partial charge on any atom is 0.226 e. The van der Waals surface area contributed by atoms with Crippen molar-refractivity contribution in [2.45, 2.75) is 50.6 Å². The fraction of sp³-hybridized carbons (Fsp3) is 0.565. The van der Waals surface area contributed by atoms with Gasteiger partial charge in [-0.1, -0.05) is 36.4 Å². The molecule has 1 N–H and O–H groups in total. The van der Waals surface area contributed by atoms with Crippen molar-refractivity contribution >= 4 is 17.9 Å². The molecule has 2 saturated carbocycles. The Hall–Kier alpha value is -2.14. The van der Waals surface area contributed by atoms with Crippen LogP contribution in [0.15, 0.2) is 30.3 Å². The van der Waals surface area contributed by atoms with Gasteiger partial charge in [-0.15, -0.1) is 0 Å². The van der Waals surface area contributed by atoms with Gasteiger partial charge in [-0.3, -0.25) is 9.59 Å². The second-order valence-electron chi connectivity index (χ2n) is 8.52. The average Bonchev–Trinajstić information content (AvgIpc) is 3.58. The number of benzene rings is 1. The lowest BCUT2D eigenvalue weighted by molar-refractivity contribution is -0.155. The quantitative estimate of drug-likeness (QED) is 0.789. The minimum absolute atomic E-state index is 0.0451. The molecular weight excluding hydrogens is 352 g/mol. The van der Waals surface area contributed by atoms with Gasteiger partial charge in [-0.2, -0.15) is 0 Å². The summed E-state index contributed by atoms with van der Waals surface area (Å²) in [5, 5.41) is 10.1. The summed E-state index contributed by atoms with van der Waals surface area (Å²) in [6, 6.07) is 8.08. The van der Waals surface area contributed by atoms with Gasteiger partial charge in [0.2, 0.25) is 11.8 Å².